The van der Waals surface area contributed by atoms with Gasteiger partial charge in [-0.1, -0.05) is 60.1 Å². The second kappa shape index (κ2) is 8.67. The van der Waals surface area contributed by atoms with Crippen LogP contribution in [0.3, 0.4) is 0 Å². The van der Waals surface area contributed by atoms with Crippen molar-refractivity contribution in [2.75, 3.05) is 4.90 Å². The van der Waals surface area contributed by atoms with Crippen molar-refractivity contribution in [1.29, 1.82) is 0 Å². The average Bonchev–Trinajstić information content (AvgIpc) is 3.52. The minimum atomic E-state index is -0.402. The third kappa shape index (κ3) is 3.96. The smallest absolute Gasteiger partial charge is 0.326 e. The lowest BCUT2D eigenvalue weighted by atomic mass is 9.94. The van der Waals surface area contributed by atoms with Gasteiger partial charge in [0, 0.05) is 5.70 Å². The molecular formula is C26H24N4O2S. The van der Waals surface area contributed by atoms with Crippen LogP contribution in [0, 0.1) is 6.92 Å². The lowest BCUT2D eigenvalue weighted by Crippen LogP contribution is -2.46. The number of allylic oxidation sites excluding steroid dienone is 1. The van der Waals surface area contributed by atoms with Gasteiger partial charge in [0.15, 0.2) is 0 Å². The maximum Gasteiger partial charge on any atom is 0.326 e. The molecule has 1 aliphatic rings. The summed E-state index contributed by atoms with van der Waals surface area (Å²) in [5, 5.41) is 9.36. The molecule has 0 saturated carbocycles. The predicted octanol–water partition coefficient (Wildman–Crippen LogP) is 6.37. The van der Waals surface area contributed by atoms with Crippen molar-refractivity contribution in [3.05, 3.63) is 94.3 Å². The van der Waals surface area contributed by atoms with E-state index < -0.39 is 6.04 Å². The van der Waals surface area contributed by atoms with Crippen molar-refractivity contribution >= 4 is 28.6 Å². The molecule has 6 nitrogen and oxygen atoms in total. The summed E-state index contributed by atoms with van der Waals surface area (Å²) in [5.41, 5.74) is 5.63. The highest BCUT2D eigenvalue weighted by Crippen LogP contribution is 2.39. The van der Waals surface area contributed by atoms with Gasteiger partial charge in [-0.25, -0.2) is 4.79 Å². The number of amides is 2. The van der Waals surface area contributed by atoms with Crippen molar-refractivity contribution in [2.45, 2.75) is 33.2 Å². The van der Waals surface area contributed by atoms with Gasteiger partial charge >= 0.3 is 6.03 Å². The van der Waals surface area contributed by atoms with E-state index in [0.717, 1.165) is 44.9 Å². The molecule has 0 saturated heterocycles. The first-order chi connectivity index (χ1) is 16.0. The van der Waals surface area contributed by atoms with Gasteiger partial charge in [0.05, 0.1) is 22.2 Å². The second-order valence-corrected chi connectivity index (χ2v) is 9.00. The molecule has 2 amide bonds. The third-order valence-corrected chi connectivity index (χ3v) is 6.74. The van der Waals surface area contributed by atoms with E-state index >= 15 is 0 Å². The minimum absolute atomic E-state index is 0.187. The lowest BCUT2D eigenvalue weighted by Gasteiger charge is -2.35. The molecule has 4 aromatic rings. The van der Waals surface area contributed by atoms with Crippen LogP contribution in [0.4, 0.5) is 10.5 Å². The van der Waals surface area contributed by atoms with Gasteiger partial charge in [0.1, 0.15) is 0 Å². The summed E-state index contributed by atoms with van der Waals surface area (Å²) in [6, 6.07) is 19.5. The Labute approximate surface area is 196 Å². The number of aryl methyl sites for hydroxylation is 2. The standard InChI is InChI=1S/C26H24N4O2S/c1-4-18-7-5-8-20(15-18)30-17(3)22(25-28-24(29-32-25)21-9-6-14-33-21)23(27-26(30)31)19-12-10-16(2)11-13-19/h5-15,23H,4H2,1-3H3,(H,27,31). The van der Waals surface area contributed by atoms with E-state index in [-0.39, 0.29) is 6.03 Å². The zero-order chi connectivity index (χ0) is 22.9. The number of aromatic nitrogens is 2. The predicted molar refractivity (Wildman–Crippen MR) is 131 cm³/mol. The quantitative estimate of drug-likeness (QED) is 0.379. The molecule has 0 radical (unpaired) electrons. The molecule has 1 unspecified atom stereocenters. The Morgan fingerprint density at radius 1 is 1.09 bits per heavy atom. The molecule has 3 heterocycles. The van der Waals surface area contributed by atoms with E-state index in [2.05, 4.69) is 23.5 Å². The Morgan fingerprint density at radius 3 is 2.64 bits per heavy atom. The monoisotopic (exact) mass is 456 g/mol. The number of carbonyl (C=O) groups excluding carboxylic acids is 1. The van der Waals surface area contributed by atoms with E-state index in [0.29, 0.717) is 11.7 Å². The highest BCUT2D eigenvalue weighted by molar-refractivity contribution is 7.13. The van der Waals surface area contributed by atoms with Crippen LogP contribution in [0.5, 0.6) is 0 Å². The SMILES string of the molecule is CCc1cccc(N2C(=O)NC(c3ccc(C)cc3)C(c3nc(-c4cccs4)no3)=C2C)c1. The molecule has 0 spiro atoms. The van der Waals surface area contributed by atoms with Crippen LogP contribution in [0.1, 0.15) is 42.5 Å². The number of hydrogen-bond acceptors (Lipinski definition) is 5. The Hall–Kier alpha value is -3.71. The normalized spacial score (nSPS) is 16.3. The first-order valence-electron chi connectivity index (χ1n) is 10.9. The average molecular weight is 457 g/mol. The van der Waals surface area contributed by atoms with Gasteiger partial charge in [0.25, 0.3) is 5.89 Å². The molecule has 1 N–H and O–H groups in total. The Morgan fingerprint density at radius 2 is 1.91 bits per heavy atom. The number of anilines is 1. The maximum absolute atomic E-state index is 13.3. The largest absolute Gasteiger partial charge is 0.334 e. The highest BCUT2D eigenvalue weighted by atomic mass is 32.1. The summed E-state index contributed by atoms with van der Waals surface area (Å²) in [6.07, 6.45) is 0.888. The number of benzene rings is 2. The topological polar surface area (TPSA) is 71.3 Å². The number of rotatable bonds is 5. The summed E-state index contributed by atoms with van der Waals surface area (Å²) < 4.78 is 5.75. The Kier molecular flexibility index (Phi) is 5.56. The van der Waals surface area contributed by atoms with Crippen LogP contribution in [0.25, 0.3) is 16.3 Å². The van der Waals surface area contributed by atoms with Gasteiger partial charge < -0.3 is 9.84 Å². The van der Waals surface area contributed by atoms with E-state index in [1.54, 1.807) is 16.2 Å². The summed E-state index contributed by atoms with van der Waals surface area (Å²) in [7, 11) is 0. The second-order valence-electron chi connectivity index (χ2n) is 8.05. The fraction of sp³-hybridized carbons (Fsp3) is 0.192. The van der Waals surface area contributed by atoms with Crippen molar-refractivity contribution in [2.24, 2.45) is 0 Å². The van der Waals surface area contributed by atoms with E-state index in [1.807, 2.05) is 73.8 Å². The molecule has 2 aromatic carbocycles. The zero-order valence-corrected chi connectivity index (χ0v) is 19.5. The van der Waals surface area contributed by atoms with Gasteiger partial charge in [-0.05, 0) is 55.0 Å². The number of nitrogens with zero attached hydrogens (tertiary/aromatic N) is 3. The molecule has 0 fully saturated rings. The zero-order valence-electron chi connectivity index (χ0n) is 18.7. The van der Waals surface area contributed by atoms with Crippen LogP contribution in [0.15, 0.2) is 76.3 Å². The van der Waals surface area contributed by atoms with Crippen LogP contribution in [0.2, 0.25) is 0 Å². The Balaban J connectivity index is 1.66. The fourth-order valence-electron chi connectivity index (χ4n) is 4.09. The highest BCUT2D eigenvalue weighted by Gasteiger charge is 2.36. The number of carbonyl (C=O) groups is 1. The third-order valence-electron chi connectivity index (χ3n) is 5.87. The summed E-state index contributed by atoms with van der Waals surface area (Å²) >= 11 is 1.56. The van der Waals surface area contributed by atoms with E-state index in [4.69, 9.17) is 9.51 Å². The van der Waals surface area contributed by atoms with Gasteiger partial charge in [-0.2, -0.15) is 4.98 Å². The van der Waals surface area contributed by atoms with Gasteiger partial charge in [-0.3, -0.25) is 4.90 Å². The molecule has 33 heavy (non-hydrogen) atoms. The fourth-order valence-corrected chi connectivity index (χ4v) is 4.74. The molecule has 1 atom stereocenters. The van der Waals surface area contributed by atoms with Crippen LogP contribution in [-0.4, -0.2) is 16.2 Å². The number of thiophene rings is 1. The van der Waals surface area contributed by atoms with Crippen LogP contribution >= 0.6 is 11.3 Å². The summed E-state index contributed by atoms with van der Waals surface area (Å²) in [5.74, 6) is 0.942. The molecule has 5 rings (SSSR count). The first kappa shape index (κ1) is 21.2. The van der Waals surface area contributed by atoms with Crippen molar-refractivity contribution in [1.82, 2.24) is 15.5 Å². The van der Waals surface area contributed by atoms with Crippen molar-refractivity contribution in [3.8, 4) is 10.7 Å². The van der Waals surface area contributed by atoms with Crippen molar-refractivity contribution < 1.29 is 9.32 Å². The number of hydrogen-bond donors (Lipinski definition) is 1. The molecule has 166 valence electrons. The van der Waals surface area contributed by atoms with Gasteiger partial charge in [-0.15, -0.1) is 11.3 Å². The van der Waals surface area contributed by atoms with Gasteiger partial charge in [0.2, 0.25) is 5.82 Å². The van der Waals surface area contributed by atoms with Crippen molar-refractivity contribution in [3.63, 3.8) is 0 Å². The molecule has 1 aliphatic heterocycles. The summed E-state index contributed by atoms with van der Waals surface area (Å²) in [6.45, 7) is 6.07. The maximum atomic E-state index is 13.3. The lowest BCUT2D eigenvalue weighted by molar-refractivity contribution is 0.244. The van der Waals surface area contributed by atoms with Crippen LogP contribution < -0.4 is 10.2 Å². The Bertz CT molecular complexity index is 1320. The molecule has 0 aliphatic carbocycles. The minimum Gasteiger partial charge on any atom is -0.334 e. The molecule has 7 heteroatoms. The summed E-state index contributed by atoms with van der Waals surface area (Å²) in [4.78, 5) is 20.7. The number of urea groups is 1. The van der Waals surface area contributed by atoms with E-state index in [1.165, 1.54) is 0 Å². The molecular weight excluding hydrogens is 432 g/mol. The molecule has 0 bridgehead atoms. The first-order valence-corrected chi connectivity index (χ1v) is 11.8. The number of nitrogens with one attached hydrogen (secondary N) is 1. The van der Waals surface area contributed by atoms with Crippen LogP contribution in [-0.2, 0) is 6.42 Å². The van der Waals surface area contributed by atoms with E-state index in [9.17, 15) is 4.79 Å². The molecule has 2 aromatic heterocycles.